The van der Waals surface area contributed by atoms with Gasteiger partial charge in [-0.05, 0) is 54.6 Å². The number of hydrogen-bond acceptors (Lipinski definition) is 11. The fourth-order valence-electron chi connectivity index (χ4n) is 8.15. The Kier molecular flexibility index (Phi) is 11.7. The summed E-state index contributed by atoms with van der Waals surface area (Å²) in [7, 11) is -3.12. The van der Waals surface area contributed by atoms with Gasteiger partial charge < -0.3 is 54.9 Å². The highest BCUT2D eigenvalue weighted by Gasteiger charge is 2.66. The van der Waals surface area contributed by atoms with E-state index in [2.05, 4.69) is 5.32 Å². The van der Waals surface area contributed by atoms with E-state index in [4.69, 9.17) is 21.1 Å². The quantitative estimate of drug-likeness (QED) is 0.140. The lowest BCUT2D eigenvalue weighted by Gasteiger charge is -2.37. The first-order valence-corrected chi connectivity index (χ1v) is 21.2. The monoisotopic (exact) mass is 783 g/mol. The van der Waals surface area contributed by atoms with Crippen LogP contribution >= 0.6 is 11.6 Å². The van der Waals surface area contributed by atoms with E-state index in [0.717, 1.165) is 5.56 Å². The van der Waals surface area contributed by atoms with E-state index < -0.39 is 74.0 Å². The van der Waals surface area contributed by atoms with E-state index in [1.807, 2.05) is 37.3 Å². The highest BCUT2D eigenvalue weighted by Crippen LogP contribution is 2.60. The zero-order valence-corrected chi connectivity index (χ0v) is 31.8. The molecule has 0 radical (unpaired) electrons. The topological polar surface area (TPSA) is 210 Å². The third-order valence-electron chi connectivity index (χ3n) is 10.6. The highest BCUT2D eigenvalue weighted by atomic mass is 35.5. The van der Waals surface area contributed by atoms with Gasteiger partial charge in [0.15, 0.2) is 26.3 Å². The highest BCUT2D eigenvalue weighted by molar-refractivity contribution is 6.71. The fourth-order valence-corrected chi connectivity index (χ4v) is 10.9. The molecule has 3 aromatic carbocycles. The smallest absolute Gasteiger partial charge is 0.264 e. The molecule has 54 heavy (non-hydrogen) atoms. The lowest BCUT2D eigenvalue weighted by atomic mass is 9.82. The van der Waals surface area contributed by atoms with Gasteiger partial charge in [-0.3, -0.25) is 14.4 Å². The normalized spacial score (nSPS) is 29.4. The SMILES string of the molecule is C[C@@H]1[C@@H]([Si](C)(C)O)[C@H](CC(=O)N(CCO)Cc2ccccc2)O[C@@]12C(=O)N(Cc1cccc(NC(=O)[C@H]3O[C@@H](O)[C@H](O)[C@@H](O)[C@@H]3O)c1)c1ccc(Cl)cc12. The van der Waals surface area contributed by atoms with Crippen molar-refractivity contribution in [2.45, 2.75) is 87.5 Å². The van der Waals surface area contributed by atoms with Gasteiger partial charge in [-0.1, -0.05) is 61.0 Å². The number of benzene rings is 3. The predicted molar refractivity (Wildman–Crippen MR) is 199 cm³/mol. The molecule has 0 aliphatic carbocycles. The second-order valence-corrected chi connectivity index (χ2v) is 19.2. The average molecular weight is 784 g/mol. The van der Waals surface area contributed by atoms with Crippen molar-refractivity contribution in [1.29, 1.82) is 0 Å². The third-order valence-corrected chi connectivity index (χ3v) is 13.4. The molecule has 3 aliphatic rings. The fraction of sp³-hybridized carbons (Fsp3) is 0.447. The summed E-state index contributed by atoms with van der Waals surface area (Å²) in [5.41, 5.74) is 0.646. The first kappa shape index (κ1) is 39.9. The second kappa shape index (κ2) is 15.8. The summed E-state index contributed by atoms with van der Waals surface area (Å²) >= 11 is 6.53. The van der Waals surface area contributed by atoms with Crippen LogP contribution in [-0.2, 0) is 42.5 Å². The Morgan fingerprint density at radius 3 is 2.35 bits per heavy atom. The number of amides is 3. The predicted octanol–water partition coefficient (Wildman–Crippen LogP) is 1.83. The Balaban J connectivity index is 1.27. The van der Waals surface area contributed by atoms with Crippen LogP contribution in [-0.4, -0.2) is 111 Å². The maximum atomic E-state index is 14.9. The zero-order valence-electron chi connectivity index (χ0n) is 30.1. The van der Waals surface area contributed by atoms with Gasteiger partial charge in [0.2, 0.25) is 5.91 Å². The molecule has 7 N–H and O–H groups in total. The van der Waals surface area contributed by atoms with Gasteiger partial charge in [-0.2, -0.15) is 0 Å². The van der Waals surface area contributed by atoms with Crippen LogP contribution in [0.5, 0.6) is 0 Å². The van der Waals surface area contributed by atoms with Crippen LogP contribution in [0.4, 0.5) is 11.4 Å². The molecule has 290 valence electrons. The molecule has 3 heterocycles. The summed E-state index contributed by atoms with van der Waals surface area (Å²) in [4.78, 5) is 56.6. The number of nitrogens with zero attached hydrogens (tertiary/aromatic N) is 2. The largest absolute Gasteiger partial charge is 0.432 e. The Bertz CT molecular complexity index is 1870. The maximum Gasteiger partial charge on any atom is 0.264 e. The number of nitrogens with one attached hydrogen (secondary N) is 1. The summed E-state index contributed by atoms with van der Waals surface area (Å²) < 4.78 is 11.9. The van der Waals surface area contributed by atoms with Crippen molar-refractivity contribution in [1.82, 2.24) is 4.90 Å². The van der Waals surface area contributed by atoms with Gasteiger partial charge in [0.1, 0.15) is 18.3 Å². The second-order valence-electron chi connectivity index (χ2n) is 14.8. The first-order valence-electron chi connectivity index (χ1n) is 17.8. The van der Waals surface area contributed by atoms with Crippen LogP contribution in [0.3, 0.4) is 0 Å². The molecule has 1 spiro atoms. The van der Waals surface area contributed by atoms with E-state index in [9.17, 15) is 44.7 Å². The van der Waals surface area contributed by atoms with Gasteiger partial charge >= 0.3 is 0 Å². The van der Waals surface area contributed by atoms with Crippen molar-refractivity contribution < 1.29 is 54.2 Å². The van der Waals surface area contributed by atoms with Crippen molar-refractivity contribution in [2.24, 2.45) is 5.92 Å². The van der Waals surface area contributed by atoms with Crippen molar-refractivity contribution in [3.63, 3.8) is 0 Å². The minimum absolute atomic E-state index is 0.0245. The van der Waals surface area contributed by atoms with Gasteiger partial charge in [-0.15, -0.1) is 0 Å². The van der Waals surface area contributed by atoms with Crippen molar-refractivity contribution in [2.75, 3.05) is 23.4 Å². The number of halogens is 1. The summed E-state index contributed by atoms with van der Waals surface area (Å²) in [5.74, 6) is -2.15. The Labute approximate surface area is 318 Å². The first-order chi connectivity index (χ1) is 25.6. The van der Waals surface area contributed by atoms with Crippen LogP contribution in [0.25, 0.3) is 0 Å². The number of ether oxygens (including phenoxy) is 2. The molecule has 3 amide bonds. The molecule has 0 unspecified atom stereocenters. The lowest BCUT2D eigenvalue weighted by Crippen LogP contribution is -2.60. The summed E-state index contributed by atoms with van der Waals surface area (Å²) in [6.45, 7) is 5.52. The zero-order chi connectivity index (χ0) is 39.1. The number of aliphatic hydroxyl groups excluding tert-OH is 5. The number of fused-ring (bicyclic) bond motifs is 2. The lowest BCUT2D eigenvalue weighted by molar-refractivity contribution is -0.274. The van der Waals surface area contributed by atoms with Gasteiger partial charge in [0.25, 0.3) is 11.8 Å². The van der Waals surface area contributed by atoms with Gasteiger partial charge in [-0.25, -0.2) is 0 Å². The molecule has 14 nitrogen and oxygen atoms in total. The van der Waals surface area contributed by atoms with Crippen LogP contribution in [0, 0.1) is 5.92 Å². The number of rotatable bonds is 11. The number of anilines is 2. The Hall–Kier alpha value is -3.74. The number of hydrogen-bond donors (Lipinski definition) is 7. The molecular weight excluding hydrogens is 738 g/mol. The van der Waals surface area contributed by atoms with Crippen LogP contribution in [0.1, 0.15) is 30.0 Å². The maximum absolute atomic E-state index is 14.9. The van der Waals surface area contributed by atoms with E-state index in [-0.39, 0.29) is 44.3 Å². The van der Waals surface area contributed by atoms with E-state index >= 15 is 0 Å². The van der Waals surface area contributed by atoms with Gasteiger partial charge in [0.05, 0.1) is 31.4 Å². The van der Waals surface area contributed by atoms with Crippen molar-refractivity contribution >= 4 is 49.0 Å². The Morgan fingerprint density at radius 2 is 1.67 bits per heavy atom. The molecule has 2 fully saturated rings. The van der Waals surface area contributed by atoms with Crippen molar-refractivity contribution in [3.8, 4) is 0 Å². The standard InChI is InChI=1S/C38H46ClN3O11Si/c1-21-34(54(2,3)51)28(18-29(44)41(14-15-43)19-22-8-5-4-6-9-22)53-38(21)26-17-24(39)12-13-27(26)42(37(38)50)20-23-10-7-11-25(16-23)40-35(48)33-31(46)30(45)32(47)36(49)52-33/h4-13,16-17,21,28,30-34,36,43,45-47,49,51H,14-15,18-20H2,1-3H3,(H,40,48)/t21-,28+,30+,31+,32-,33+,34-,36-,38+/m1/s1. The van der Waals surface area contributed by atoms with Gasteiger partial charge in [0, 0.05) is 40.8 Å². The summed E-state index contributed by atoms with van der Waals surface area (Å²) in [6, 6.07) is 21.0. The van der Waals surface area contributed by atoms with E-state index in [1.54, 1.807) is 65.4 Å². The van der Waals surface area contributed by atoms with E-state index in [0.29, 0.717) is 21.8 Å². The molecule has 9 atom stereocenters. The minimum Gasteiger partial charge on any atom is -0.432 e. The molecule has 2 saturated heterocycles. The molecule has 0 bridgehead atoms. The van der Waals surface area contributed by atoms with Crippen LogP contribution in [0.2, 0.25) is 23.7 Å². The average Bonchev–Trinajstić information content (AvgIpc) is 3.54. The third kappa shape index (κ3) is 7.58. The van der Waals surface area contributed by atoms with Crippen molar-refractivity contribution in [3.05, 3.63) is 94.5 Å². The number of carbonyl (C=O) groups is 3. The van der Waals surface area contributed by atoms with E-state index in [1.165, 1.54) is 0 Å². The van der Waals surface area contributed by atoms with Crippen LogP contribution < -0.4 is 10.2 Å². The molecule has 0 saturated carbocycles. The molecule has 0 aromatic heterocycles. The minimum atomic E-state index is -3.12. The molecule has 6 rings (SSSR count). The summed E-state index contributed by atoms with van der Waals surface area (Å²) in [5, 5.41) is 52.8. The number of carbonyl (C=O) groups excluding carboxylic acids is 3. The van der Waals surface area contributed by atoms with Crippen LogP contribution in [0.15, 0.2) is 72.8 Å². The molecule has 3 aromatic rings. The molecule has 3 aliphatic heterocycles. The Morgan fingerprint density at radius 1 is 0.963 bits per heavy atom. The summed E-state index contributed by atoms with van der Waals surface area (Å²) in [6.07, 6.45) is -9.95. The molecular formula is C38H46ClN3O11Si. The number of aliphatic hydroxyl groups is 5. The molecule has 16 heteroatoms.